The van der Waals surface area contributed by atoms with E-state index in [1.165, 1.54) is 0 Å². The molecule has 0 bridgehead atoms. The number of thiophene rings is 1. The van der Waals surface area contributed by atoms with Crippen LogP contribution in [0.1, 0.15) is 18.4 Å². The van der Waals surface area contributed by atoms with Gasteiger partial charge in [-0.1, -0.05) is 11.6 Å². The summed E-state index contributed by atoms with van der Waals surface area (Å²) < 4.78 is 39.5. The lowest BCUT2D eigenvalue weighted by Crippen LogP contribution is -2.38. The number of amides is 1. The monoisotopic (exact) mass is 439 g/mol. The molecule has 4 rings (SSSR count). The fraction of sp³-hybridized carbons (Fsp3) is 0.300. The standard InChI is InChI=1S/C20H17ClF3N3OS/c21-16-10-14(20(22,23)24)11-25-18(16)27-6-3-12(4-7-27)19(28)26-15-1-2-17-13(9-15)5-8-29-17/h1-2,5,8-12H,3-4,6-7H2,(H,26,28). The Morgan fingerprint density at radius 1 is 1.21 bits per heavy atom. The number of pyridine rings is 1. The zero-order valence-corrected chi connectivity index (χ0v) is 16.7. The van der Waals surface area contributed by atoms with Gasteiger partial charge in [-0.2, -0.15) is 13.2 Å². The number of halogens is 4. The number of hydrogen-bond donors (Lipinski definition) is 1. The zero-order chi connectivity index (χ0) is 20.6. The molecule has 0 unspecified atom stereocenters. The molecule has 1 aliphatic rings. The maximum absolute atomic E-state index is 12.8. The van der Waals surface area contributed by atoms with Crippen LogP contribution in [0.4, 0.5) is 24.7 Å². The van der Waals surface area contributed by atoms with Gasteiger partial charge in [0.1, 0.15) is 5.82 Å². The Balaban J connectivity index is 1.38. The average Bonchev–Trinajstić information content (AvgIpc) is 3.15. The lowest BCUT2D eigenvalue weighted by Gasteiger charge is -2.32. The van der Waals surface area contributed by atoms with Crippen molar-refractivity contribution >= 4 is 50.4 Å². The van der Waals surface area contributed by atoms with Gasteiger partial charge in [0.05, 0.1) is 10.6 Å². The summed E-state index contributed by atoms with van der Waals surface area (Å²) in [5.74, 6) is 0.102. The first kappa shape index (κ1) is 20.0. The Labute approximate surface area is 174 Å². The molecule has 1 fully saturated rings. The number of fused-ring (bicyclic) bond motifs is 1. The number of carbonyl (C=O) groups excluding carboxylic acids is 1. The van der Waals surface area contributed by atoms with Crippen molar-refractivity contribution in [3.8, 4) is 0 Å². The highest BCUT2D eigenvalue weighted by atomic mass is 35.5. The second kappa shape index (κ2) is 7.84. The zero-order valence-electron chi connectivity index (χ0n) is 15.2. The van der Waals surface area contributed by atoms with Crippen molar-refractivity contribution in [1.82, 2.24) is 4.98 Å². The lowest BCUT2D eigenvalue weighted by molar-refractivity contribution is -0.137. The number of hydrogen-bond acceptors (Lipinski definition) is 4. The minimum atomic E-state index is -4.48. The fourth-order valence-corrected chi connectivity index (χ4v) is 4.52. The molecule has 0 aliphatic carbocycles. The quantitative estimate of drug-likeness (QED) is 0.559. The van der Waals surface area contributed by atoms with E-state index in [2.05, 4.69) is 10.3 Å². The predicted molar refractivity (Wildman–Crippen MR) is 110 cm³/mol. The van der Waals surface area contributed by atoms with Gasteiger partial charge in [0.15, 0.2) is 0 Å². The van der Waals surface area contributed by atoms with Crippen LogP contribution in [-0.4, -0.2) is 24.0 Å². The van der Waals surface area contributed by atoms with Crippen LogP contribution in [-0.2, 0) is 11.0 Å². The molecule has 4 nitrogen and oxygen atoms in total. The minimum absolute atomic E-state index is 0.0354. The predicted octanol–water partition coefficient (Wildman–Crippen LogP) is 5.82. The number of aromatic nitrogens is 1. The van der Waals surface area contributed by atoms with Crippen LogP contribution in [0.25, 0.3) is 10.1 Å². The van der Waals surface area contributed by atoms with Crippen LogP contribution in [0.5, 0.6) is 0 Å². The average molecular weight is 440 g/mol. The van der Waals surface area contributed by atoms with Crippen LogP contribution >= 0.6 is 22.9 Å². The normalized spacial score (nSPS) is 15.7. The van der Waals surface area contributed by atoms with E-state index in [9.17, 15) is 18.0 Å². The van der Waals surface area contributed by atoms with Crippen LogP contribution in [0.3, 0.4) is 0 Å². The number of nitrogens with one attached hydrogen (secondary N) is 1. The van der Waals surface area contributed by atoms with E-state index in [4.69, 9.17) is 11.6 Å². The molecule has 1 aromatic carbocycles. The van der Waals surface area contributed by atoms with Crippen molar-refractivity contribution in [1.29, 1.82) is 0 Å². The lowest BCUT2D eigenvalue weighted by atomic mass is 9.95. The molecule has 3 aromatic rings. The second-order valence-corrected chi connectivity index (χ2v) is 8.31. The molecule has 0 spiro atoms. The van der Waals surface area contributed by atoms with Crippen molar-refractivity contribution in [2.24, 2.45) is 5.92 Å². The van der Waals surface area contributed by atoms with E-state index in [1.807, 2.05) is 34.5 Å². The minimum Gasteiger partial charge on any atom is -0.355 e. The number of anilines is 2. The largest absolute Gasteiger partial charge is 0.417 e. The smallest absolute Gasteiger partial charge is 0.355 e. The molecule has 1 saturated heterocycles. The van der Waals surface area contributed by atoms with Gasteiger partial charge in [0.25, 0.3) is 0 Å². The molecular weight excluding hydrogens is 423 g/mol. The molecule has 3 heterocycles. The third-order valence-corrected chi connectivity index (χ3v) is 6.21. The van der Waals surface area contributed by atoms with E-state index in [1.54, 1.807) is 11.3 Å². The van der Waals surface area contributed by atoms with Gasteiger partial charge in [-0.15, -0.1) is 11.3 Å². The van der Waals surface area contributed by atoms with Crippen molar-refractivity contribution in [2.45, 2.75) is 19.0 Å². The van der Waals surface area contributed by atoms with Gasteiger partial charge < -0.3 is 10.2 Å². The number of benzene rings is 1. The van der Waals surface area contributed by atoms with Crippen molar-refractivity contribution < 1.29 is 18.0 Å². The van der Waals surface area contributed by atoms with Crippen LogP contribution in [0.15, 0.2) is 41.9 Å². The molecule has 0 saturated carbocycles. The van der Waals surface area contributed by atoms with Gasteiger partial charge in [0, 0.05) is 35.6 Å². The Morgan fingerprint density at radius 3 is 2.66 bits per heavy atom. The first-order chi connectivity index (χ1) is 13.8. The third kappa shape index (κ3) is 4.33. The summed E-state index contributed by atoms with van der Waals surface area (Å²) in [5.41, 5.74) is -0.112. The van der Waals surface area contributed by atoms with Gasteiger partial charge in [0.2, 0.25) is 5.91 Å². The molecule has 0 radical (unpaired) electrons. The number of piperidine rings is 1. The summed E-state index contributed by atoms with van der Waals surface area (Å²) in [6.45, 7) is 0.999. The summed E-state index contributed by atoms with van der Waals surface area (Å²) in [6.07, 6.45) is -2.54. The maximum atomic E-state index is 12.8. The van der Waals surface area contributed by atoms with Crippen LogP contribution in [0.2, 0.25) is 5.02 Å². The van der Waals surface area contributed by atoms with E-state index in [0.29, 0.717) is 31.7 Å². The summed E-state index contributed by atoms with van der Waals surface area (Å²) in [7, 11) is 0. The fourth-order valence-electron chi connectivity index (χ4n) is 3.46. The second-order valence-electron chi connectivity index (χ2n) is 6.95. The van der Waals surface area contributed by atoms with Crippen molar-refractivity contribution in [3.05, 3.63) is 52.5 Å². The Bertz CT molecular complexity index is 1040. The van der Waals surface area contributed by atoms with Gasteiger partial charge >= 0.3 is 6.18 Å². The van der Waals surface area contributed by atoms with Gasteiger partial charge in [-0.3, -0.25) is 4.79 Å². The summed E-state index contributed by atoms with van der Waals surface area (Å²) >= 11 is 7.68. The van der Waals surface area contributed by atoms with Gasteiger partial charge in [-0.25, -0.2) is 4.98 Å². The summed E-state index contributed by atoms with van der Waals surface area (Å²) in [4.78, 5) is 18.3. The Kier molecular flexibility index (Phi) is 5.40. The van der Waals surface area contributed by atoms with Gasteiger partial charge in [-0.05, 0) is 53.9 Å². The third-order valence-electron chi connectivity index (χ3n) is 5.03. The number of nitrogens with zero attached hydrogens (tertiary/aromatic N) is 2. The Hall–Kier alpha value is -2.32. The van der Waals surface area contributed by atoms with Crippen LogP contribution < -0.4 is 10.2 Å². The van der Waals surface area contributed by atoms with E-state index in [-0.39, 0.29) is 16.8 Å². The number of carbonyl (C=O) groups is 1. The highest BCUT2D eigenvalue weighted by molar-refractivity contribution is 7.17. The molecule has 2 aromatic heterocycles. The molecule has 1 amide bonds. The molecule has 152 valence electrons. The maximum Gasteiger partial charge on any atom is 0.417 e. The number of rotatable bonds is 3. The highest BCUT2D eigenvalue weighted by Crippen LogP contribution is 2.35. The first-order valence-corrected chi connectivity index (χ1v) is 10.3. The van der Waals surface area contributed by atoms with Crippen LogP contribution in [0, 0.1) is 5.92 Å². The molecular formula is C20H17ClF3N3OS. The Morgan fingerprint density at radius 2 is 1.97 bits per heavy atom. The molecule has 1 N–H and O–H groups in total. The van der Waals surface area contributed by atoms with E-state index >= 15 is 0 Å². The van der Waals surface area contributed by atoms with Crippen molar-refractivity contribution in [3.63, 3.8) is 0 Å². The molecule has 0 atom stereocenters. The van der Waals surface area contributed by atoms with Crippen molar-refractivity contribution in [2.75, 3.05) is 23.3 Å². The SMILES string of the molecule is O=C(Nc1ccc2sccc2c1)C1CCN(c2ncc(C(F)(F)F)cc2Cl)CC1. The molecule has 29 heavy (non-hydrogen) atoms. The molecule has 1 aliphatic heterocycles. The summed E-state index contributed by atoms with van der Waals surface area (Å²) in [5, 5.41) is 6.02. The number of alkyl halides is 3. The summed E-state index contributed by atoms with van der Waals surface area (Å²) in [6, 6.07) is 8.72. The van der Waals surface area contributed by atoms with E-state index < -0.39 is 11.7 Å². The topological polar surface area (TPSA) is 45.2 Å². The highest BCUT2D eigenvalue weighted by Gasteiger charge is 2.33. The molecule has 9 heteroatoms. The van der Waals surface area contributed by atoms with E-state index in [0.717, 1.165) is 28.0 Å². The first-order valence-electron chi connectivity index (χ1n) is 9.07.